The van der Waals surface area contributed by atoms with Gasteiger partial charge in [-0.05, 0) is 30.3 Å². The van der Waals surface area contributed by atoms with E-state index in [1.807, 2.05) is 5.43 Å². The van der Waals surface area contributed by atoms with Crippen LogP contribution in [0.15, 0.2) is 54.9 Å². The molecule has 3 rings (SSSR count). The molecule has 1 amide bonds. The lowest BCUT2D eigenvalue weighted by atomic mass is 10.1. The Morgan fingerprint density at radius 2 is 2.00 bits per heavy atom. The van der Waals surface area contributed by atoms with Crippen LogP contribution in [0.2, 0.25) is 5.02 Å². The van der Waals surface area contributed by atoms with E-state index in [9.17, 15) is 9.18 Å². The van der Waals surface area contributed by atoms with E-state index in [-0.39, 0.29) is 5.69 Å². The summed E-state index contributed by atoms with van der Waals surface area (Å²) in [5.41, 5.74) is 3.76. The molecule has 0 atom stereocenters. The van der Waals surface area contributed by atoms with Crippen molar-refractivity contribution in [3.63, 3.8) is 0 Å². The summed E-state index contributed by atoms with van der Waals surface area (Å²) in [5.74, 6) is 4.23. The lowest BCUT2D eigenvalue weighted by molar-refractivity contribution is 0.0950. The van der Waals surface area contributed by atoms with Gasteiger partial charge in [0.15, 0.2) is 5.69 Å². The molecule has 2 aromatic carbocycles. The summed E-state index contributed by atoms with van der Waals surface area (Å²) in [6.45, 7) is 0. The molecule has 7 heteroatoms. The molecule has 0 radical (unpaired) electrons. The number of hydrazine groups is 1. The Hall–Kier alpha value is -2.70. The van der Waals surface area contributed by atoms with Gasteiger partial charge in [-0.15, -0.1) is 0 Å². The molecule has 0 bridgehead atoms. The van der Waals surface area contributed by atoms with Crippen LogP contribution in [0, 0.1) is 5.82 Å². The normalized spacial score (nSPS) is 10.6. The average molecular weight is 331 g/mol. The highest BCUT2D eigenvalue weighted by Gasteiger charge is 2.20. The largest absolute Gasteiger partial charge is 0.298 e. The molecule has 5 nitrogen and oxygen atoms in total. The summed E-state index contributed by atoms with van der Waals surface area (Å²) in [6.07, 6.45) is 1.47. The van der Waals surface area contributed by atoms with Crippen molar-refractivity contribution in [2.24, 2.45) is 5.84 Å². The van der Waals surface area contributed by atoms with E-state index in [1.165, 1.54) is 18.5 Å². The Kier molecular flexibility index (Phi) is 4.10. The van der Waals surface area contributed by atoms with Crippen LogP contribution >= 0.6 is 11.6 Å². The number of rotatable bonds is 3. The third kappa shape index (κ3) is 2.94. The van der Waals surface area contributed by atoms with Crippen LogP contribution in [0.3, 0.4) is 0 Å². The molecular formula is C16H12ClFN4O. The molecule has 0 aliphatic heterocycles. The molecule has 0 aliphatic carbocycles. The predicted molar refractivity (Wildman–Crippen MR) is 85.6 cm³/mol. The van der Waals surface area contributed by atoms with Gasteiger partial charge in [-0.3, -0.25) is 14.8 Å². The number of halogens is 2. The number of nitrogens with two attached hydrogens (primary N) is 1. The van der Waals surface area contributed by atoms with Crippen LogP contribution in [0.4, 0.5) is 4.39 Å². The quantitative estimate of drug-likeness (QED) is 0.440. The Morgan fingerprint density at radius 3 is 2.70 bits per heavy atom. The average Bonchev–Trinajstić information content (AvgIpc) is 2.99. The molecule has 1 heterocycles. The highest BCUT2D eigenvalue weighted by atomic mass is 35.5. The van der Waals surface area contributed by atoms with Crippen LogP contribution in [-0.4, -0.2) is 15.5 Å². The number of nitrogen functional groups attached to an aromatic ring is 1. The zero-order valence-electron chi connectivity index (χ0n) is 11.8. The maximum atomic E-state index is 13.6. The van der Waals surface area contributed by atoms with Gasteiger partial charge in [0.2, 0.25) is 0 Å². The molecule has 0 saturated carbocycles. The van der Waals surface area contributed by atoms with Gasteiger partial charge in [-0.2, -0.15) is 0 Å². The molecule has 3 aromatic rings. The number of carbonyl (C=O) groups excluding carboxylic acids is 1. The Balaban J connectivity index is 2.25. The molecule has 3 N–H and O–H groups in total. The van der Waals surface area contributed by atoms with E-state index < -0.39 is 11.7 Å². The number of hydrogen-bond donors (Lipinski definition) is 2. The number of aromatic nitrogens is 2. The molecular weight excluding hydrogens is 319 g/mol. The topological polar surface area (TPSA) is 72.9 Å². The molecule has 23 heavy (non-hydrogen) atoms. The maximum absolute atomic E-state index is 13.6. The fourth-order valence-corrected chi connectivity index (χ4v) is 2.50. The third-order valence-electron chi connectivity index (χ3n) is 3.30. The van der Waals surface area contributed by atoms with Gasteiger partial charge >= 0.3 is 0 Å². The standard InChI is InChI=1S/C16H12ClFN4O/c17-11-4-2-6-13(8-11)22-9-20-14(16(23)21-19)15(22)10-3-1-5-12(18)7-10/h1-9H,19H2,(H,21,23). The fourth-order valence-electron chi connectivity index (χ4n) is 2.32. The number of carbonyl (C=O) groups is 1. The molecule has 1 aromatic heterocycles. The second kappa shape index (κ2) is 6.20. The van der Waals surface area contributed by atoms with E-state index in [0.29, 0.717) is 22.0 Å². The van der Waals surface area contributed by atoms with Gasteiger partial charge in [0.05, 0.1) is 5.69 Å². The Labute approximate surface area is 136 Å². The van der Waals surface area contributed by atoms with Gasteiger partial charge in [0.1, 0.15) is 12.1 Å². The summed E-state index contributed by atoms with van der Waals surface area (Å²) in [4.78, 5) is 16.1. The summed E-state index contributed by atoms with van der Waals surface area (Å²) >= 11 is 6.02. The van der Waals surface area contributed by atoms with Gasteiger partial charge in [0, 0.05) is 16.3 Å². The van der Waals surface area contributed by atoms with Gasteiger partial charge in [-0.1, -0.05) is 29.8 Å². The third-order valence-corrected chi connectivity index (χ3v) is 3.53. The second-order valence-corrected chi connectivity index (χ2v) is 5.21. The minimum absolute atomic E-state index is 0.0954. The second-order valence-electron chi connectivity index (χ2n) is 4.78. The number of amides is 1. The molecule has 0 aliphatic rings. The summed E-state index contributed by atoms with van der Waals surface area (Å²) < 4.78 is 15.3. The van der Waals surface area contributed by atoms with Crippen molar-refractivity contribution in [3.05, 3.63) is 71.4 Å². The van der Waals surface area contributed by atoms with Crippen molar-refractivity contribution in [1.82, 2.24) is 15.0 Å². The van der Waals surface area contributed by atoms with Crippen LogP contribution in [0.25, 0.3) is 16.9 Å². The van der Waals surface area contributed by atoms with Gasteiger partial charge in [-0.25, -0.2) is 15.2 Å². The molecule has 116 valence electrons. The highest BCUT2D eigenvalue weighted by molar-refractivity contribution is 6.30. The first-order valence-corrected chi connectivity index (χ1v) is 7.08. The molecule has 0 fully saturated rings. The van der Waals surface area contributed by atoms with Crippen molar-refractivity contribution in [1.29, 1.82) is 0 Å². The molecule has 0 saturated heterocycles. The van der Waals surface area contributed by atoms with Gasteiger partial charge in [0.25, 0.3) is 5.91 Å². The lowest BCUT2D eigenvalue weighted by Gasteiger charge is -2.10. The summed E-state index contributed by atoms with van der Waals surface area (Å²) in [5, 5.41) is 0.534. The van der Waals surface area contributed by atoms with Crippen LogP contribution in [-0.2, 0) is 0 Å². The molecule has 0 spiro atoms. The van der Waals surface area contributed by atoms with Crippen molar-refractivity contribution in [2.75, 3.05) is 0 Å². The first-order valence-electron chi connectivity index (χ1n) is 6.70. The van der Waals surface area contributed by atoms with E-state index >= 15 is 0 Å². The minimum atomic E-state index is -0.565. The Morgan fingerprint density at radius 1 is 1.22 bits per heavy atom. The zero-order valence-corrected chi connectivity index (χ0v) is 12.6. The highest BCUT2D eigenvalue weighted by Crippen LogP contribution is 2.28. The van der Waals surface area contributed by atoms with Crippen molar-refractivity contribution < 1.29 is 9.18 Å². The SMILES string of the molecule is NNC(=O)c1ncn(-c2cccc(Cl)c2)c1-c1cccc(F)c1. The van der Waals surface area contributed by atoms with Crippen molar-refractivity contribution >= 4 is 17.5 Å². The van der Waals surface area contributed by atoms with Crippen molar-refractivity contribution in [3.8, 4) is 16.9 Å². The minimum Gasteiger partial charge on any atom is -0.298 e. The van der Waals surface area contributed by atoms with Gasteiger partial charge < -0.3 is 0 Å². The number of nitrogens with zero attached hydrogens (tertiary/aromatic N) is 2. The smallest absolute Gasteiger partial charge is 0.286 e. The number of imidazole rings is 1. The van der Waals surface area contributed by atoms with Crippen LogP contribution < -0.4 is 11.3 Å². The predicted octanol–water partition coefficient (Wildman–Crippen LogP) is 2.94. The first kappa shape index (κ1) is 15.2. The number of benzene rings is 2. The monoisotopic (exact) mass is 330 g/mol. The van der Waals surface area contributed by atoms with E-state index in [1.54, 1.807) is 41.0 Å². The van der Waals surface area contributed by atoms with E-state index in [0.717, 1.165) is 0 Å². The maximum Gasteiger partial charge on any atom is 0.286 e. The van der Waals surface area contributed by atoms with Crippen LogP contribution in [0.1, 0.15) is 10.5 Å². The van der Waals surface area contributed by atoms with Crippen molar-refractivity contribution in [2.45, 2.75) is 0 Å². The van der Waals surface area contributed by atoms with E-state index in [4.69, 9.17) is 17.4 Å². The fraction of sp³-hybridized carbons (Fsp3) is 0. The van der Waals surface area contributed by atoms with Crippen LogP contribution in [0.5, 0.6) is 0 Å². The molecule has 0 unspecified atom stereocenters. The summed E-state index contributed by atoms with van der Waals surface area (Å²) in [7, 11) is 0. The summed E-state index contributed by atoms with van der Waals surface area (Å²) in [6, 6.07) is 12.9. The first-order chi connectivity index (χ1) is 11.1. The van der Waals surface area contributed by atoms with E-state index in [2.05, 4.69) is 4.98 Å². The number of hydrogen-bond acceptors (Lipinski definition) is 3. The zero-order chi connectivity index (χ0) is 16.4. The lowest BCUT2D eigenvalue weighted by Crippen LogP contribution is -2.30. The number of nitrogens with one attached hydrogen (secondary N) is 1. The Bertz CT molecular complexity index is 878.